The predicted molar refractivity (Wildman–Crippen MR) is 79.5 cm³/mol. The fourth-order valence-electron chi connectivity index (χ4n) is 2.79. The molecule has 1 aliphatic heterocycles. The zero-order valence-corrected chi connectivity index (χ0v) is 12.1. The molecule has 0 amide bonds. The lowest BCUT2D eigenvalue weighted by Crippen LogP contribution is -2.45. The molecule has 4 heteroatoms. The largest absolute Gasteiger partial charge is 0.481 e. The van der Waals surface area contributed by atoms with Crippen molar-refractivity contribution in [1.82, 2.24) is 4.90 Å². The summed E-state index contributed by atoms with van der Waals surface area (Å²) in [6, 6.07) is 10.9. The van der Waals surface area contributed by atoms with Crippen LogP contribution in [0.15, 0.2) is 30.3 Å². The number of thioether (sulfide) groups is 1. The van der Waals surface area contributed by atoms with Crippen molar-refractivity contribution in [3.8, 4) is 0 Å². The Labute approximate surface area is 119 Å². The molecule has 19 heavy (non-hydrogen) atoms. The Hall–Kier alpha value is -1.00. The van der Waals surface area contributed by atoms with Crippen LogP contribution in [0, 0.1) is 0 Å². The van der Waals surface area contributed by atoms with Gasteiger partial charge in [0, 0.05) is 30.1 Å². The minimum Gasteiger partial charge on any atom is -0.481 e. The molecule has 2 atom stereocenters. The molecule has 1 aromatic carbocycles. The quantitative estimate of drug-likeness (QED) is 0.899. The monoisotopic (exact) mass is 279 g/mol. The molecule has 0 aliphatic carbocycles. The number of carboxylic acids is 1. The Morgan fingerprint density at radius 2 is 2.21 bits per heavy atom. The summed E-state index contributed by atoms with van der Waals surface area (Å²) in [6.45, 7) is 3.16. The zero-order chi connectivity index (χ0) is 13.7. The van der Waals surface area contributed by atoms with Crippen LogP contribution >= 0.6 is 11.8 Å². The lowest BCUT2D eigenvalue weighted by atomic mass is 10.00. The van der Waals surface area contributed by atoms with Gasteiger partial charge in [0.2, 0.25) is 0 Å². The van der Waals surface area contributed by atoms with E-state index in [2.05, 4.69) is 36.1 Å². The molecule has 1 aromatic rings. The minimum absolute atomic E-state index is 0.154. The van der Waals surface area contributed by atoms with Crippen molar-refractivity contribution < 1.29 is 9.90 Å². The molecule has 1 saturated heterocycles. The van der Waals surface area contributed by atoms with Crippen LogP contribution in [0.25, 0.3) is 0 Å². The van der Waals surface area contributed by atoms with Crippen molar-refractivity contribution in [3.05, 3.63) is 35.9 Å². The first-order chi connectivity index (χ1) is 9.22. The Bertz CT molecular complexity index is 410. The fourth-order valence-corrected chi connectivity index (χ4v) is 3.88. The third-order valence-electron chi connectivity index (χ3n) is 3.65. The molecule has 1 N–H and O–H groups in total. The lowest BCUT2D eigenvalue weighted by molar-refractivity contribution is -0.138. The maximum atomic E-state index is 11.0. The van der Waals surface area contributed by atoms with Crippen LogP contribution in [0.3, 0.4) is 0 Å². The maximum absolute atomic E-state index is 11.0. The summed E-state index contributed by atoms with van der Waals surface area (Å²) in [4.78, 5) is 13.4. The van der Waals surface area contributed by atoms with Gasteiger partial charge in [-0.3, -0.25) is 9.69 Å². The van der Waals surface area contributed by atoms with E-state index in [9.17, 15) is 4.79 Å². The second kappa shape index (κ2) is 6.96. The van der Waals surface area contributed by atoms with Crippen LogP contribution in [-0.4, -0.2) is 40.1 Å². The van der Waals surface area contributed by atoms with E-state index in [1.807, 2.05) is 17.8 Å². The number of benzene rings is 1. The first kappa shape index (κ1) is 14.4. The van der Waals surface area contributed by atoms with Crippen molar-refractivity contribution in [2.75, 3.05) is 18.1 Å². The summed E-state index contributed by atoms with van der Waals surface area (Å²) < 4.78 is 0. The van der Waals surface area contributed by atoms with E-state index in [1.54, 1.807) is 0 Å². The third kappa shape index (κ3) is 3.74. The SMILES string of the molecule is CCC(c1ccccc1)N1CCSCC1CC(=O)O. The third-order valence-corrected chi connectivity index (χ3v) is 4.75. The van der Waals surface area contributed by atoms with Gasteiger partial charge in [0.25, 0.3) is 0 Å². The van der Waals surface area contributed by atoms with E-state index in [4.69, 9.17) is 5.11 Å². The topological polar surface area (TPSA) is 40.5 Å². The van der Waals surface area contributed by atoms with Gasteiger partial charge < -0.3 is 5.11 Å². The summed E-state index contributed by atoms with van der Waals surface area (Å²) >= 11 is 1.87. The number of carboxylic acid groups (broad SMARTS) is 1. The Morgan fingerprint density at radius 3 is 2.84 bits per heavy atom. The highest BCUT2D eigenvalue weighted by Crippen LogP contribution is 2.31. The molecule has 0 bridgehead atoms. The highest BCUT2D eigenvalue weighted by atomic mass is 32.2. The van der Waals surface area contributed by atoms with Crippen molar-refractivity contribution >= 4 is 17.7 Å². The number of hydrogen-bond acceptors (Lipinski definition) is 3. The summed E-state index contributed by atoms with van der Waals surface area (Å²) in [5.74, 6) is 1.33. The number of nitrogens with zero attached hydrogens (tertiary/aromatic N) is 1. The van der Waals surface area contributed by atoms with Crippen LogP contribution in [0.1, 0.15) is 31.4 Å². The van der Waals surface area contributed by atoms with Crippen LogP contribution in [0.4, 0.5) is 0 Å². The van der Waals surface area contributed by atoms with Crippen molar-refractivity contribution in [3.63, 3.8) is 0 Å². The van der Waals surface area contributed by atoms with E-state index in [1.165, 1.54) is 5.56 Å². The highest BCUT2D eigenvalue weighted by Gasteiger charge is 2.30. The fraction of sp³-hybridized carbons (Fsp3) is 0.533. The molecule has 0 saturated carbocycles. The highest BCUT2D eigenvalue weighted by molar-refractivity contribution is 7.99. The van der Waals surface area contributed by atoms with Crippen molar-refractivity contribution in [1.29, 1.82) is 0 Å². The van der Waals surface area contributed by atoms with Gasteiger partial charge in [-0.1, -0.05) is 37.3 Å². The second-order valence-electron chi connectivity index (χ2n) is 4.90. The first-order valence-corrected chi connectivity index (χ1v) is 7.98. The smallest absolute Gasteiger partial charge is 0.304 e. The molecule has 0 radical (unpaired) electrons. The molecular weight excluding hydrogens is 258 g/mol. The van der Waals surface area contributed by atoms with E-state index in [0.717, 1.165) is 24.5 Å². The van der Waals surface area contributed by atoms with Gasteiger partial charge in [0.05, 0.1) is 6.42 Å². The summed E-state index contributed by atoms with van der Waals surface area (Å²) in [5, 5.41) is 9.07. The minimum atomic E-state index is -0.694. The lowest BCUT2D eigenvalue weighted by Gasteiger charge is -2.40. The van der Waals surface area contributed by atoms with Crippen LogP contribution in [0.2, 0.25) is 0 Å². The molecule has 104 valence electrons. The number of carbonyl (C=O) groups is 1. The molecule has 3 nitrogen and oxygen atoms in total. The second-order valence-corrected chi connectivity index (χ2v) is 6.05. The van der Waals surface area contributed by atoms with Crippen molar-refractivity contribution in [2.24, 2.45) is 0 Å². The summed E-state index contributed by atoms with van der Waals surface area (Å²) in [6.07, 6.45) is 1.27. The normalized spacial score (nSPS) is 22.1. The van der Waals surface area contributed by atoms with Gasteiger partial charge in [0.1, 0.15) is 0 Å². The van der Waals surface area contributed by atoms with Gasteiger partial charge in [0.15, 0.2) is 0 Å². The van der Waals surface area contributed by atoms with E-state index >= 15 is 0 Å². The van der Waals surface area contributed by atoms with Gasteiger partial charge in [-0.25, -0.2) is 0 Å². The zero-order valence-electron chi connectivity index (χ0n) is 11.3. The predicted octanol–water partition coefficient (Wildman–Crippen LogP) is 3.03. The molecule has 0 spiro atoms. The Balaban J connectivity index is 2.17. The van der Waals surface area contributed by atoms with Gasteiger partial charge in [-0.15, -0.1) is 0 Å². The van der Waals surface area contributed by atoms with Crippen LogP contribution in [0.5, 0.6) is 0 Å². The summed E-state index contributed by atoms with van der Waals surface area (Å²) in [7, 11) is 0. The number of rotatable bonds is 5. The molecule has 2 unspecified atom stereocenters. The van der Waals surface area contributed by atoms with Crippen molar-refractivity contribution in [2.45, 2.75) is 31.8 Å². The first-order valence-electron chi connectivity index (χ1n) is 6.82. The van der Waals surface area contributed by atoms with E-state index < -0.39 is 5.97 Å². The molecular formula is C15H21NO2S. The number of aliphatic carboxylic acids is 1. The standard InChI is InChI=1S/C15H21NO2S/c1-2-14(12-6-4-3-5-7-12)16-8-9-19-11-13(16)10-15(17)18/h3-7,13-14H,2,8-11H2,1H3,(H,17,18). The Morgan fingerprint density at radius 1 is 1.47 bits per heavy atom. The van der Waals surface area contributed by atoms with Crippen LogP contribution < -0.4 is 0 Å². The van der Waals surface area contributed by atoms with E-state index in [0.29, 0.717) is 6.04 Å². The average Bonchev–Trinajstić information content (AvgIpc) is 2.42. The molecule has 1 aliphatic rings. The maximum Gasteiger partial charge on any atom is 0.304 e. The molecule has 2 rings (SSSR count). The van der Waals surface area contributed by atoms with Gasteiger partial charge in [-0.05, 0) is 12.0 Å². The number of hydrogen-bond donors (Lipinski definition) is 1. The van der Waals surface area contributed by atoms with Crippen LogP contribution in [-0.2, 0) is 4.79 Å². The average molecular weight is 279 g/mol. The molecule has 0 aromatic heterocycles. The molecule has 1 heterocycles. The summed E-state index contributed by atoms with van der Waals surface area (Å²) in [5.41, 5.74) is 1.30. The Kier molecular flexibility index (Phi) is 5.28. The van der Waals surface area contributed by atoms with E-state index in [-0.39, 0.29) is 12.5 Å². The van der Waals surface area contributed by atoms with Gasteiger partial charge >= 0.3 is 5.97 Å². The molecule has 1 fully saturated rings. The van der Waals surface area contributed by atoms with Gasteiger partial charge in [-0.2, -0.15) is 11.8 Å².